The third kappa shape index (κ3) is 2.26. The Kier molecular flexibility index (Phi) is 3.66. The van der Waals surface area contributed by atoms with E-state index in [0.29, 0.717) is 19.3 Å². The zero-order valence-electron chi connectivity index (χ0n) is 11.5. The fourth-order valence-corrected chi connectivity index (χ4v) is 2.63. The van der Waals surface area contributed by atoms with Gasteiger partial charge >= 0.3 is 5.97 Å². The van der Waals surface area contributed by atoms with E-state index in [-0.39, 0.29) is 5.97 Å². The maximum absolute atomic E-state index is 11.8. The monoisotopic (exact) mass is 265 g/mol. The highest BCUT2D eigenvalue weighted by Gasteiger charge is 2.40. The molecule has 1 aliphatic rings. The molecular weight excluding hydrogens is 246 g/mol. The number of hydrogen-bond donors (Lipinski definition) is 1. The number of carbonyl (C=O) groups is 1. The van der Waals surface area contributed by atoms with Gasteiger partial charge in [0.1, 0.15) is 17.0 Å². The van der Waals surface area contributed by atoms with Crippen LogP contribution < -0.4 is 15.2 Å². The lowest BCUT2D eigenvalue weighted by Crippen LogP contribution is -2.52. The van der Waals surface area contributed by atoms with Crippen molar-refractivity contribution in [1.29, 1.82) is 0 Å². The minimum atomic E-state index is -0.985. The third-order valence-corrected chi connectivity index (χ3v) is 3.69. The summed E-state index contributed by atoms with van der Waals surface area (Å²) in [5.74, 6) is 1.15. The SMILES string of the molecule is COC(=O)C1(N)CCc2c(OC)ccc(OC)c2C1. The summed E-state index contributed by atoms with van der Waals surface area (Å²) in [6, 6.07) is 3.71. The van der Waals surface area contributed by atoms with Gasteiger partial charge in [-0.05, 0) is 25.0 Å². The summed E-state index contributed by atoms with van der Waals surface area (Å²) in [5, 5.41) is 0. The number of fused-ring (bicyclic) bond motifs is 1. The molecule has 5 nitrogen and oxygen atoms in total. The van der Waals surface area contributed by atoms with Crippen LogP contribution in [0.1, 0.15) is 17.5 Å². The Morgan fingerprint density at radius 3 is 2.26 bits per heavy atom. The predicted octanol–water partition coefficient (Wildman–Crippen LogP) is 1.06. The van der Waals surface area contributed by atoms with E-state index in [1.165, 1.54) is 7.11 Å². The molecule has 2 N–H and O–H groups in total. The van der Waals surface area contributed by atoms with Crippen LogP contribution >= 0.6 is 0 Å². The van der Waals surface area contributed by atoms with Crippen LogP contribution in [-0.2, 0) is 22.4 Å². The summed E-state index contributed by atoms with van der Waals surface area (Å²) in [7, 11) is 4.59. The zero-order valence-corrected chi connectivity index (χ0v) is 11.5. The lowest BCUT2D eigenvalue weighted by molar-refractivity contribution is -0.147. The second-order valence-corrected chi connectivity index (χ2v) is 4.75. The van der Waals surface area contributed by atoms with E-state index in [4.69, 9.17) is 19.9 Å². The smallest absolute Gasteiger partial charge is 0.326 e. The maximum atomic E-state index is 11.8. The summed E-state index contributed by atoms with van der Waals surface area (Å²) in [5.41, 5.74) is 7.18. The second kappa shape index (κ2) is 5.09. The molecule has 0 aliphatic heterocycles. The van der Waals surface area contributed by atoms with E-state index in [9.17, 15) is 4.79 Å². The van der Waals surface area contributed by atoms with E-state index in [0.717, 1.165) is 22.6 Å². The van der Waals surface area contributed by atoms with Crippen LogP contribution in [0.2, 0.25) is 0 Å². The molecule has 0 saturated heterocycles. The molecule has 0 radical (unpaired) electrons. The Balaban J connectivity index is 2.46. The topological polar surface area (TPSA) is 70.8 Å². The van der Waals surface area contributed by atoms with Gasteiger partial charge in [-0.1, -0.05) is 0 Å². The normalized spacial score (nSPS) is 21.5. The first-order valence-electron chi connectivity index (χ1n) is 6.15. The molecule has 2 rings (SSSR count). The molecule has 104 valence electrons. The fourth-order valence-electron chi connectivity index (χ4n) is 2.63. The van der Waals surface area contributed by atoms with Gasteiger partial charge < -0.3 is 19.9 Å². The van der Waals surface area contributed by atoms with Crippen molar-refractivity contribution < 1.29 is 19.0 Å². The van der Waals surface area contributed by atoms with E-state index >= 15 is 0 Å². The summed E-state index contributed by atoms with van der Waals surface area (Å²) < 4.78 is 15.5. The standard InChI is InChI=1S/C14H19NO4/c1-17-11-4-5-12(18-2)10-8-14(15,13(16)19-3)7-6-9(10)11/h4-5H,6-8,15H2,1-3H3. The van der Waals surface area contributed by atoms with Gasteiger partial charge in [-0.15, -0.1) is 0 Å². The molecular formula is C14H19NO4. The van der Waals surface area contributed by atoms with Crippen LogP contribution in [-0.4, -0.2) is 32.8 Å². The quantitative estimate of drug-likeness (QED) is 0.828. The van der Waals surface area contributed by atoms with E-state index in [2.05, 4.69) is 0 Å². The first-order chi connectivity index (χ1) is 9.05. The molecule has 0 amide bonds. The van der Waals surface area contributed by atoms with Crippen LogP contribution in [0.4, 0.5) is 0 Å². The van der Waals surface area contributed by atoms with Crippen molar-refractivity contribution in [2.24, 2.45) is 5.73 Å². The highest BCUT2D eigenvalue weighted by molar-refractivity contribution is 5.82. The van der Waals surface area contributed by atoms with Gasteiger partial charge in [-0.2, -0.15) is 0 Å². The van der Waals surface area contributed by atoms with Crippen LogP contribution in [0.3, 0.4) is 0 Å². The number of methoxy groups -OCH3 is 3. The van der Waals surface area contributed by atoms with Crippen LogP contribution in [0.25, 0.3) is 0 Å². The first kappa shape index (κ1) is 13.7. The minimum Gasteiger partial charge on any atom is -0.496 e. The van der Waals surface area contributed by atoms with Crippen LogP contribution in [0.5, 0.6) is 11.5 Å². The molecule has 0 aromatic heterocycles. The Hall–Kier alpha value is -1.75. The molecule has 0 fully saturated rings. The van der Waals surface area contributed by atoms with Gasteiger partial charge in [0.05, 0.1) is 21.3 Å². The molecule has 1 unspecified atom stereocenters. The van der Waals surface area contributed by atoms with Crippen LogP contribution in [0, 0.1) is 0 Å². The van der Waals surface area contributed by atoms with Gasteiger partial charge in [0, 0.05) is 17.5 Å². The highest BCUT2D eigenvalue weighted by Crippen LogP contribution is 2.38. The molecule has 0 saturated carbocycles. The summed E-state index contributed by atoms with van der Waals surface area (Å²) in [6.07, 6.45) is 1.60. The van der Waals surface area contributed by atoms with Crippen molar-refractivity contribution in [1.82, 2.24) is 0 Å². The average molecular weight is 265 g/mol. The molecule has 1 aliphatic carbocycles. The molecule has 1 atom stereocenters. The molecule has 5 heteroatoms. The number of carbonyl (C=O) groups excluding carboxylic acids is 1. The number of rotatable bonds is 3. The first-order valence-corrected chi connectivity index (χ1v) is 6.15. The highest BCUT2D eigenvalue weighted by atomic mass is 16.5. The van der Waals surface area contributed by atoms with E-state index < -0.39 is 5.54 Å². The Bertz CT molecular complexity index is 500. The number of esters is 1. The molecule has 1 aromatic carbocycles. The van der Waals surface area contributed by atoms with E-state index in [1.807, 2.05) is 12.1 Å². The summed E-state index contributed by atoms with van der Waals surface area (Å²) in [4.78, 5) is 11.8. The number of hydrogen-bond acceptors (Lipinski definition) is 5. The number of nitrogens with two attached hydrogens (primary N) is 1. The van der Waals surface area contributed by atoms with Crippen molar-refractivity contribution >= 4 is 5.97 Å². The Labute approximate surface area is 112 Å². The van der Waals surface area contributed by atoms with Gasteiger partial charge in [0.15, 0.2) is 0 Å². The van der Waals surface area contributed by atoms with Gasteiger partial charge in [-0.3, -0.25) is 4.79 Å². The lowest BCUT2D eigenvalue weighted by Gasteiger charge is -2.33. The Morgan fingerprint density at radius 2 is 1.74 bits per heavy atom. The van der Waals surface area contributed by atoms with Crippen molar-refractivity contribution in [2.45, 2.75) is 24.8 Å². The number of ether oxygens (including phenoxy) is 3. The van der Waals surface area contributed by atoms with Crippen molar-refractivity contribution in [3.63, 3.8) is 0 Å². The zero-order chi connectivity index (χ0) is 14.0. The number of benzene rings is 1. The summed E-state index contributed by atoms with van der Waals surface area (Å²) >= 11 is 0. The van der Waals surface area contributed by atoms with Crippen molar-refractivity contribution in [2.75, 3.05) is 21.3 Å². The van der Waals surface area contributed by atoms with Crippen molar-refractivity contribution in [3.8, 4) is 11.5 Å². The van der Waals surface area contributed by atoms with Crippen molar-refractivity contribution in [3.05, 3.63) is 23.3 Å². The molecule has 0 spiro atoms. The second-order valence-electron chi connectivity index (χ2n) is 4.75. The molecule has 0 heterocycles. The Morgan fingerprint density at radius 1 is 1.16 bits per heavy atom. The van der Waals surface area contributed by atoms with Crippen LogP contribution in [0.15, 0.2) is 12.1 Å². The molecule has 1 aromatic rings. The average Bonchev–Trinajstić information content (AvgIpc) is 2.44. The molecule has 19 heavy (non-hydrogen) atoms. The predicted molar refractivity (Wildman–Crippen MR) is 70.5 cm³/mol. The largest absolute Gasteiger partial charge is 0.496 e. The van der Waals surface area contributed by atoms with E-state index in [1.54, 1.807) is 14.2 Å². The maximum Gasteiger partial charge on any atom is 0.326 e. The van der Waals surface area contributed by atoms with Gasteiger partial charge in [0.2, 0.25) is 0 Å². The van der Waals surface area contributed by atoms with Gasteiger partial charge in [-0.25, -0.2) is 0 Å². The third-order valence-electron chi connectivity index (χ3n) is 3.69. The molecule has 0 bridgehead atoms. The summed E-state index contributed by atoms with van der Waals surface area (Å²) in [6.45, 7) is 0. The minimum absolute atomic E-state index is 0.386. The van der Waals surface area contributed by atoms with Gasteiger partial charge in [0.25, 0.3) is 0 Å². The fraction of sp³-hybridized carbons (Fsp3) is 0.500. The lowest BCUT2D eigenvalue weighted by atomic mass is 9.78.